The van der Waals surface area contributed by atoms with E-state index in [4.69, 9.17) is 0 Å². The highest BCUT2D eigenvalue weighted by Gasteiger charge is 2.21. The minimum absolute atomic E-state index is 0.00154. The number of thiazole rings is 1. The van der Waals surface area contributed by atoms with Gasteiger partial charge in [0.15, 0.2) is 0 Å². The van der Waals surface area contributed by atoms with Crippen molar-refractivity contribution in [3.8, 4) is 0 Å². The van der Waals surface area contributed by atoms with Gasteiger partial charge in [-0.05, 0) is 50.1 Å². The summed E-state index contributed by atoms with van der Waals surface area (Å²) in [6.07, 6.45) is 1.09. The predicted molar refractivity (Wildman–Crippen MR) is 102 cm³/mol. The van der Waals surface area contributed by atoms with Crippen molar-refractivity contribution in [1.29, 1.82) is 0 Å². The van der Waals surface area contributed by atoms with E-state index in [9.17, 15) is 4.79 Å². The molecular formula is C18H22N4OS2. The van der Waals surface area contributed by atoms with E-state index in [1.54, 1.807) is 22.7 Å². The maximum atomic E-state index is 12.6. The topological polar surface area (TPSA) is 70.7 Å². The van der Waals surface area contributed by atoms with Crippen LogP contribution in [0.2, 0.25) is 0 Å². The summed E-state index contributed by atoms with van der Waals surface area (Å²) in [6.45, 7) is 7.94. The number of aryl methyl sites for hydroxylation is 4. The molecule has 0 fully saturated rings. The molecule has 3 rings (SSSR count). The lowest BCUT2D eigenvalue weighted by Crippen LogP contribution is -2.31. The molecule has 7 heteroatoms. The molecule has 0 aliphatic rings. The van der Waals surface area contributed by atoms with Crippen LogP contribution in [0, 0.1) is 27.7 Å². The van der Waals surface area contributed by atoms with E-state index in [1.807, 2.05) is 20.8 Å². The largest absolute Gasteiger partial charge is 0.346 e. The van der Waals surface area contributed by atoms with Gasteiger partial charge in [0, 0.05) is 22.6 Å². The summed E-state index contributed by atoms with van der Waals surface area (Å²) in [5, 5.41) is 15.4. The van der Waals surface area contributed by atoms with Crippen LogP contribution in [0.25, 0.3) is 0 Å². The van der Waals surface area contributed by atoms with Gasteiger partial charge in [0.25, 0.3) is 0 Å². The van der Waals surface area contributed by atoms with Gasteiger partial charge in [0.1, 0.15) is 5.01 Å². The minimum atomic E-state index is -0.105. The highest BCUT2D eigenvalue weighted by molar-refractivity contribution is 7.11. The lowest BCUT2D eigenvalue weighted by Gasteiger charge is -2.16. The zero-order chi connectivity index (χ0) is 18.0. The molecule has 2 N–H and O–H groups in total. The molecule has 0 spiro atoms. The van der Waals surface area contributed by atoms with Crippen LogP contribution >= 0.6 is 22.7 Å². The van der Waals surface area contributed by atoms with Crippen molar-refractivity contribution in [1.82, 2.24) is 20.5 Å². The SMILES string of the molecule is Cc1nc([C@H](Cc2ccsc2)NC(=O)Cc2c(C)n[nH]c2C)sc1C. The molecule has 0 saturated heterocycles. The number of aromatic amines is 1. The maximum absolute atomic E-state index is 12.6. The fourth-order valence-electron chi connectivity index (χ4n) is 2.73. The van der Waals surface area contributed by atoms with Gasteiger partial charge in [-0.2, -0.15) is 16.4 Å². The van der Waals surface area contributed by atoms with E-state index >= 15 is 0 Å². The molecule has 3 heterocycles. The Morgan fingerprint density at radius 3 is 2.64 bits per heavy atom. The second-order valence-corrected chi connectivity index (χ2v) is 8.25. The van der Waals surface area contributed by atoms with E-state index < -0.39 is 0 Å². The first-order valence-electron chi connectivity index (χ1n) is 8.19. The van der Waals surface area contributed by atoms with Crippen LogP contribution < -0.4 is 5.32 Å². The smallest absolute Gasteiger partial charge is 0.225 e. The first-order chi connectivity index (χ1) is 11.9. The van der Waals surface area contributed by atoms with Gasteiger partial charge < -0.3 is 5.32 Å². The Balaban J connectivity index is 1.78. The second kappa shape index (κ2) is 7.49. The number of carbonyl (C=O) groups is 1. The van der Waals surface area contributed by atoms with Crippen molar-refractivity contribution in [3.63, 3.8) is 0 Å². The first-order valence-corrected chi connectivity index (χ1v) is 9.94. The molecule has 0 aromatic carbocycles. The zero-order valence-electron chi connectivity index (χ0n) is 14.8. The van der Waals surface area contributed by atoms with Gasteiger partial charge >= 0.3 is 0 Å². The molecule has 0 saturated carbocycles. The molecule has 5 nitrogen and oxygen atoms in total. The van der Waals surface area contributed by atoms with E-state index in [0.29, 0.717) is 6.42 Å². The van der Waals surface area contributed by atoms with Crippen molar-refractivity contribution in [2.75, 3.05) is 0 Å². The summed E-state index contributed by atoms with van der Waals surface area (Å²) >= 11 is 3.33. The van der Waals surface area contributed by atoms with Gasteiger partial charge in [-0.15, -0.1) is 11.3 Å². The van der Waals surface area contributed by atoms with Gasteiger partial charge in [0.2, 0.25) is 5.91 Å². The highest BCUT2D eigenvalue weighted by atomic mass is 32.1. The molecule has 1 atom stereocenters. The monoisotopic (exact) mass is 374 g/mol. The van der Waals surface area contributed by atoms with Gasteiger partial charge in [0.05, 0.1) is 23.9 Å². The summed E-state index contributed by atoms with van der Waals surface area (Å²) in [5.74, 6) is -0.00154. The number of hydrogen-bond acceptors (Lipinski definition) is 5. The molecule has 0 aliphatic carbocycles. The number of carbonyl (C=O) groups excluding carboxylic acids is 1. The Morgan fingerprint density at radius 2 is 2.08 bits per heavy atom. The summed E-state index contributed by atoms with van der Waals surface area (Å²) in [6, 6.07) is 1.99. The number of aromatic nitrogens is 3. The number of nitrogens with zero attached hydrogens (tertiary/aromatic N) is 2. The third-order valence-electron chi connectivity index (χ3n) is 4.32. The van der Waals surface area contributed by atoms with E-state index in [1.165, 1.54) is 10.4 Å². The Morgan fingerprint density at radius 1 is 1.28 bits per heavy atom. The molecule has 0 aliphatic heterocycles. The van der Waals surface area contributed by atoms with Crippen molar-refractivity contribution in [2.45, 2.75) is 46.6 Å². The van der Waals surface area contributed by atoms with Gasteiger partial charge in [-0.1, -0.05) is 0 Å². The van der Waals surface area contributed by atoms with Crippen LogP contribution in [0.1, 0.15) is 44.1 Å². The average Bonchev–Trinajstić information content (AvgIpc) is 3.26. The summed E-state index contributed by atoms with van der Waals surface area (Å²) in [5.41, 5.74) is 5.05. The molecule has 3 aromatic heterocycles. The molecule has 132 valence electrons. The Hall–Kier alpha value is -1.99. The summed E-state index contributed by atoms with van der Waals surface area (Å²) in [4.78, 5) is 18.5. The lowest BCUT2D eigenvalue weighted by molar-refractivity contribution is -0.121. The molecule has 1 amide bonds. The standard InChI is InChI=1S/C18H22N4OS2/c1-10-13(4)25-18(19-10)16(7-14-5-6-24-9-14)20-17(23)8-15-11(2)21-22-12(15)3/h5-6,9,16H,7-8H2,1-4H3,(H,20,23)(H,21,22)/t16-/m0/s1. The normalized spacial score (nSPS) is 12.3. The molecule has 0 unspecified atom stereocenters. The maximum Gasteiger partial charge on any atom is 0.225 e. The predicted octanol–water partition coefficient (Wildman–Crippen LogP) is 3.80. The number of hydrogen-bond donors (Lipinski definition) is 2. The number of H-pyrrole nitrogens is 1. The Labute approximate surface area is 155 Å². The van der Waals surface area contributed by atoms with Crippen LogP contribution in [-0.4, -0.2) is 21.1 Å². The number of nitrogens with one attached hydrogen (secondary N) is 2. The third kappa shape index (κ3) is 4.16. The summed E-state index contributed by atoms with van der Waals surface area (Å²) in [7, 11) is 0. The van der Waals surface area contributed by atoms with Crippen LogP contribution in [-0.2, 0) is 17.6 Å². The van der Waals surface area contributed by atoms with Crippen molar-refractivity contribution in [3.05, 3.63) is 54.9 Å². The summed E-state index contributed by atoms with van der Waals surface area (Å²) < 4.78 is 0. The molecule has 3 aromatic rings. The lowest BCUT2D eigenvalue weighted by atomic mass is 10.1. The van der Waals surface area contributed by atoms with Crippen molar-refractivity contribution in [2.24, 2.45) is 0 Å². The van der Waals surface area contributed by atoms with Crippen LogP contribution in [0.3, 0.4) is 0 Å². The van der Waals surface area contributed by atoms with Crippen LogP contribution in [0.4, 0.5) is 0 Å². The number of thiophene rings is 1. The van der Waals surface area contributed by atoms with E-state index in [-0.39, 0.29) is 11.9 Å². The third-order valence-corrected chi connectivity index (χ3v) is 6.23. The Kier molecular flexibility index (Phi) is 5.34. The van der Waals surface area contributed by atoms with Crippen LogP contribution in [0.5, 0.6) is 0 Å². The molecular weight excluding hydrogens is 352 g/mol. The first kappa shape index (κ1) is 17.8. The van der Waals surface area contributed by atoms with E-state index in [2.05, 4.69) is 44.2 Å². The average molecular weight is 375 g/mol. The quantitative estimate of drug-likeness (QED) is 0.689. The van der Waals surface area contributed by atoms with Gasteiger partial charge in [-0.25, -0.2) is 4.98 Å². The number of amides is 1. The fourth-order valence-corrected chi connectivity index (χ4v) is 4.39. The fraction of sp³-hybridized carbons (Fsp3) is 0.389. The highest BCUT2D eigenvalue weighted by Crippen LogP contribution is 2.26. The Bertz CT molecular complexity index is 825. The van der Waals surface area contributed by atoms with Crippen molar-refractivity contribution < 1.29 is 4.79 Å². The molecule has 25 heavy (non-hydrogen) atoms. The number of rotatable bonds is 6. The minimum Gasteiger partial charge on any atom is -0.346 e. The van der Waals surface area contributed by atoms with Crippen molar-refractivity contribution >= 4 is 28.6 Å². The van der Waals surface area contributed by atoms with Crippen LogP contribution in [0.15, 0.2) is 16.8 Å². The zero-order valence-corrected chi connectivity index (χ0v) is 16.5. The van der Waals surface area contributed by atoms with Gasteiger partial charge in [-0.3, -0.25) is 9.89 Å². The molecule has 0 radical (unpaired) electrons. The second-order valence-electron chi connectivity index (χ2n) is 6.24. The van der Waals surface area contributed by atoms with E-state index in [0.717, 1.165) is 34.1 Å². The molecule has 0 bridgehead atoms.